The van der Waals surface area contributed by atoms with E-state index in [0.29, 0.717) is 18.4 Å². The fraction of sp³-hybridized carbons (Fsp3) is 0.846. The SMILES string of the molecule is CC(C)CCN1CC(=O)NC(CC(C)C)C1=O. The molecule has 2 amide bonds. The maximum atomic E-state index is 12.1. The molecule has 4 heteroatoms. The number of hydrogen-bond donors (Lipinski definition) is 1. The Morgan fingerprint density at radius 3 is 2.41 bits per heavy atom. The van der Waals surface area contributed by atoms with Crippen LogP contribution in [-0.2, 0) is 9.59 Å². The van der Waals surface area contributed by atoms with Crippen LogP contribution in [-0.4, -0.2) is 35.8 Å². The van der Waals surface area contributed by atoms with Crippen molar-refractivity contribution in [2.24, 2.45) is 11.8 Å². The summed E-state index contributed by atoms with van der Waals surface area (Å²) in [5.74, 6) is 1.02. The van der Waals surface area contributed by atoms with E-state index in [1.807, 2.05) is 0 Å². The van der Waals surface area contributed by atoms with Crippen molar-refractivity contribution in [2.75, 3.05) is 13.1 Å². The zero-order chi connectivity index (χ0) is 13.0. The molecule has 0 aromatic rings. The second-order valence-corrected chi connectivity index (χ2v) is 5.69. The second-order valence-electron chi connectivity index (χ2n) is 5.69. The van der Waals surface area contributed by atoms with Gasteiger partial charge in [-0.1, -0.05) is 27.7 Å². The van der Waals surface area contributed by atoms with Gasteiger partial charge in [-0.2, -0.15) is 0 Å². The quantitative estimate of drug-likeness (QED) is 0.790. The number of nitrogens with zero attached hydrogens (tertiary/aromatic N) is 1. The summed E-state index contributed by atoms with van der Waals surface area (Å²) in [5.41, 5.74) is 0. The standard InChI is InChI=1S/C13H24N2O2/c1-9(2)5-6-15-8-12(16)14-11(13(15)17)7-10(3)4/h9-11H,5-8H2,1-4H3,(H,14,16). The first-order valence-electron chi connectivity index (χ1n) is 6.48. The lowest BCUT2D eigenvalue weighted by Gasteiger charge is -2.33. The molecule has 17 heavy (non-hydrogen) atoms. The molecule has 1 atom stereocenters. The predicted octanol–water partition coefficient (Wildman–Crippen LogP) is 1.41. The van der Waals surface area contributed by atoms with Gasteiger partial charge in [0.15, 0.2) is 0 Å². The monoisotopic (exact) mass is 240 g/mol. The van der Waals surface area contributed by atoms with Gasteiger partial charge in [0.2, 0.25) is 11.8 Å². The molecule has 1 N–H and O–H groups in total. The highest BCUT2D eigenvalue weighted by molar-refractivity contribution is 5.94. The molecule has 98 valence electrons. The van der Waals surface area contributed by atoms with Crippen molar-refractivity contribution in [1.29, 1.82) is 0 Å². The molecule has 0 aromatic carbocycles. The van der Waals surface area contributed by atoms with Gasteiger partial charge >= 0.3 is 0 Å². The van der Waals surface area contributed by atoms with Crippen molar-refractivity contribution in [1.82, 2.24) is 10.2 Å². The van der Waals surface area contributed by atoms with Crippen molar-refractivity contribution in [2.45, 2.75) is 46.6 Å². The van der Waals surface area contributed by atoms with Crippen LogP contribution < -0.4 is 5.32 Å². The molecule has 1 saturated heterocycles. The highest BCUT2D eigenvalue weighted by Crippen LogP contribution is 2.13. The van der Waals surface area contributed by atoms with Crippen LogP contribution in [0.1, 0.15) is 40.5 Å². The Hall–Kier alpha value is -1.06. The van der Waals surface area contributed by atoms with Gasteiger partial charge in [0.1, 0.15) is 6.04 Å². The zero-order valence-electron chi connectivity index (χ0n) is 11.3. The van der Waals surface area contributed by atoms with Crippen molar-refractivity contribution >= 4 is 11.8 Å². The molecule has 0 radical (unpaired) electrons. The van der Waals surface area contributed by atoms with Gasteiger partial charge in [0.05, 0.1) is 6.54 Å². The Bertz CT molecular complexity index is 287. The molecular formula is C13H24N2O2. The zero-order valence-corrected chi connectivity index (χ0v) is 11.3. The molecule has 0 aliphatic carbocycles. The lowest BCUT2D eigenvalue weighted by Crippen LogP contribution is -2.58. The van der Waals surface area contributed by atoms with Gasteiger partial charge in [0, 0.05) is 6.54 Å². The lowest BCUT2D eigenvalue weighted by molar-refractivity contribution is -0.144. The smallest absolute Gasteiger partial charge is 0.245 e. The molecule has 0 bridgehead atoms. The Kier molecular flexibility index (Phi) is 4.97. The average Bonchev–Trinajstić information content (AvgIpc) is 2.19. The van der Waals surface area contributed by atoms with E-state index < -0.39 is 0 Å². The van der Waals surface area contributed by atoms with Crippen LogP contribution in [0.3, 0.4) is 0 Å². The Labute approximate surface area is 104 Å². The number of hydrogen-bond acceptors (Lipinski definition) is 2. The van der Waals surface area contributed by atoms with Crippen LogP contribution in [0.2, 0.25) is 0 Å². The summed E-state index contributed by atoms with van der Waals surface area (Å²) in [6.07, 6.45) is 1.68. The predicted molar refractivity (Wildman–Crippen MR) is 67.4 cm³/mol. The number of carbonyl (C=O) groups excluding carboxylic acids is 2. The number of amides is 2. The minimum atomic E-state index is -0.316. The summed E-state index contributed by atoms with van der Waals surface area (Å²) < 4.78 is 0. The topological polar surface area (TPSA) is 49.4 Å². The summed E-state index contributed by atoms with van der Waals surface area (Å²) in [6, 6.07) is -0.316. The summed E-state index contributed by atoms with van der Waals surface area (Å²) in [4.78, 5) is 25.4. The van der Waals surface area contributed by atoms with Crippen molar-refractivity contribution in [3.63, 3.8) is 0 Å². The van der Waals surface area contributed by atoms with E-state index in [1.54, 1.807) is 4.90 Å². The Balaban J connectivity index is 2.58. The van der Waals surface area contributed by atoms with Gasteiger partial charge in [-0.3, -0.25) is 9.59 Å². The molecule has 1 heterocycles. The van der Waals surface area contributed by atoms with E-state index in [9.17, 15) is 9.59 Å². The second kappa shape index (κ2) is 6.03. The maximum absolute atomic E-state index is 12.1. The number of nitrogens with one attached hydrogen (secondary N) is 1. The van der Waals surface area contributed by atoms with E-state index in [0.717, 1.165) is 12.8 Å². The van der Waals surface area contributed by atoms with Crippen LogP contribution in [0.5, 0.6) is 0 Å². The molecule has 1 aliphatic heterocycles. The maximum Gasteiger partial charge on any atom is 0.245 e. The fourth-order valence-electron chi connectivity index (χ4n) is 2.01. The highest BCUT2D eigenvalue weighted by Gasteiger charge is 2.32. The molecule has 0 saturated carbocycles. The molecule has 1 rings (SSSR count). The largest absolute Gasteiger partial charge is 0.343 e. The van der Waals surface area contributed by atoms with E-state index >= 15 is 0 Å². The molecule has 1 fully saturated rings. The molecular weight excluding hydrogens is 216 g/mol. The van der Waals surface area contributed by atoms with Crippen LogP contribution >= 0.6 is 0 Å². The number of piperazine rings is 1. The summed E-state index contributed by atoms with van der Waals surface area (Å²) in [7, 11) is 0. The van der Waals surface area contributed by atoms with Gasteiger partial charge < -0.3 is 10.2 Å². The third-order valence-electron chi connectivity index (χ3n) is 2.96. The third-order valence-corrected chi connectivity index (χ3v) is 2.96. The summed E-state index contributed by atoms with van der Waals surface area (Å²) in [6.45, 7) is 9.29. The fourth-order valence-corrected chi connectivity index (χ4v) is 2.01. The van der Waals surface area contributed by atoms with E-state index in [2.05, 4.69) is 33.0 Å². The van der Waals surface area contributed by atoms with Gasteiger partial charge in [-0.25, -0.2) is 0 Å². The van der Waals surface area contributed by atoms with Crippen LogP contribution in [0.25, 0.3) is 0 Å². The van der Waals surface area contributed by atoms with E-state index in [-0.39, 0.29) is 24.4 Å². The normalized spacial score (nSPS) is 21.3. The third kappa shape index (κ3) is 4.36. The van der Waals surface area contributed by atoms with Crippen LogP contribution in [0, 0.1) is 11.8 Å². The molecule has 0 aromatic heterocycles. The first-order chi connectivity index (χ1) is 7.90. The Morgan fingerprint density at radius 2 is 1.88 bits per heavy atom. The molecule has 4 nitrogen and oxygen atoms in total. The highest BCUT2D eigenvalue weighted by atomic mass is 16.2. The van der Waals surface area contributed by atoms with Crippen LogP contribution in [0.4, 0.5) is 0 Å². The minimum absolute atomic E-state index is 0.0287. The molecule has 1 unspecified atom stereocenters. The molecule has 0 spiro atoms. The first kappa shape index (κ1) is 14.0. The minimum Gasteiger partial charge on any atom is -0.343 e. The van der Waals surface area contributed by atoms with E-state index in [4.69, 9.17) is 0 Å². The lowest BCUT2D eigenvalue weighted by atomic mass is 10.0. The average molecular weight is 240 g/mol. The van der Waals surface area contributed by atoms with Gasteiger partial charge in [-0.15, -0.1) is 0 Å². The van der Waals surface area contributed by atoms with Crippen molar-refractivity contribution < 1.29 is 9.59 Å². The number of carbonyl (C=O) groups is 2. The van der Waals surface area contributed by atoms with Crippen LogP contribution in [0.15, 0.2) is 0 Å². The summed E-state index contributed by atoms with van der Waals surface area (Å²) >= 11 is 0. The first-order valence-corrected chi connectivity index (χ1v) is 6.48. The Morgan fingerprint density at radius 1 is 1.24 bits per heavy atom. The van der Waals surface area contributed by atoms with E-state index in [1.165, 1.54) is 0 Å². The summed E-state index contributed by atoms with van der Waals surface area (Å²) in [5, 5.41) is 2.78. The molecule has 1 aliphatic rings. The van der Waals surface area contributed by atoms with Gasteiger partial charge in [0.25, 0.3) is 0 Å². The van der Waals surface area contributed by atoms with Gasteiger partial charge in [-0.05, 0) is 24.7 Å². The van der Waals surface area contributed by atoms with Crippen molar-refractivity contribution in [3.05, 3.63) is 0 Å². The number of rotatable bonds is 5. The van der Waals surface area contributed by atoms with Crippen molar-refractivity contribution in [3.8, 4) is 0 Å².